The van der Waals surface area contributed by atoms with E-state index in [0.29, 0.717) is 32.3 Å². The van der Waals surface area contributed by atoms with Crippen LogP contribution in [0.5, 0.6) is 5.75 Å². The first kappa shape index (κ1) is 22.4. The summed E-state index contributed by atoms with van der Waals surface area (Å²) in [4.78, 5) is 4.09. The van der Waals surface area contributed by atoms with Gasteiger partial charge in [-0.05, 0) is 35.2 Å². The fourth-order valence-electron chi connectivity index (χ4n) is 4.00. The Morgan fingerprint density at radius 3 is 2.28 bits per heavy atom. The molecule has 7 heteroatoms. The molecule has 1 heterocycles. The predicted molar refractivity (Wildman–Crippen MR) is 122 cm³/mol. The number of aromatic hydroxyl groups is 1. The van der Waals surface area contributed by atoms with E-state index in [1.54, 1.807) is 18.2 Å². The van der Waals surface area contributed by atoms with E-state index in [-0.39, 0.29) is 5.75 Å². The first-order chi connectivity index (χ1) is 15.2. The van der Waals surface area contributed by atoms with E-state index in [9.17, 15) is 18.3 Å². The monoisotopic (exact) mass is 475 g/mol. The van der Waals surface area contributed by atoms with Crippen LogP contribution in [0, 0.1) is 0 Å². The van der Waals surface area contributed by atoms with Gasteiger partial charge < -0.3 is 5.11 Å². The van der Waals surface area contributed by atoms with Crippen molar-refractivity contribution in [3.8, 4) is 5.75 Å². The van der Waals surface area contributed by atoms with Gasteiger partial charge in [-0.25, -0.2) is 0 Å². The molecule has 2 nitrogen and oxygen atoms in total. The lowest BCUT2D eigenvalue weighted by Crippen LogP contribution is -2.14. The molecule has 0 aliphatic heterocycles. The van der Waals surface area contributed by atoms with Crippen LogP contribution in [-0.4, -0.2) is 10.1 Å². The molecule has 0 saturated carbocycles. The number of benzene rings is 3. The maximum absolute atomic E-state index is 13.0. The number of aromatic nitrogens is 1. The molecule has 164 valence electrons. The maximum Gasteiger partial charge on any atom is 0.417 e. The van der Waals surface area contributed by atoms with Gasteiger partial charge in [0.1, 0.15) is 5.75 Å². The Hall–Kier alpha value is -2.76. The molecule has 0 spiro atoms. The minimum absolute atomic E-state index is 0.0953. The van der Waals surface area contributed by atoms with Crippen LogP contribution in [0.2, 0.25) is 10.0 Å². The number of rotatable bonds is 4. The van der Waals surface area contributed by atoms with Crippen molar-refractivity contribution in [3.63, 3.8) is 0 Å². The van der Waals surface area contributed by atoms with Crippen LogP contribution in [-0.2, 0) is 6.18 Å². The largest absolute Gasteiger partial charge is 0.507 e. The molecule has 0 bridgehead atoms. The summed E-state index contributed by atoms with van der Waals surface area (Å²) in [5.41, 5.74) is 0.919. The van der Waals surface area contributed by atoms with Crippen LogP contribution in [0.15, 0.2) is 72.9 Å². The van der Waals surface area contributed by atoms with Gasteiger partial charge in [0, 0.05) is 44.7 Å². The predicted octanol–water partition coefficient (Wildman–Crippen LogP) is 8.20. The minimum atomic E-state index is -4.47. The van der Waals surface area contributed by atoms with Crippen LogP contribution < -0.4 is 0 Å². The molecule has 1 N–H and O–H groups in total. The van der Waals surface area contributed by atoms with Crippen LogP contribution >= 0.6 is 23.2 Å². The number of phenols is 1. The highest BCUT2D eigenvalue weighted by Crippen LogP contribution is 2.46. The lowest BCUT2D eigenvalue weighted by Gasteiger charge is -2.27. The Morgan fingerprint density at radius 2 is 1.62 bits per heavy atom. The fraction of sp³-hybridized carbons (Fsp3) is 0.160. The zero-order valence-electron chi connectivity index (χ0n) is 16.9. The molecule has 0 amide bonds. The number of hydrogen-bond donors (Lipinski definition) is 1. The molecule has 0 aliphatic carbocycles. The van der Waals surface area contributed by atoms with Crippen molar-refractivity contribution in [1.82, 2.24) is 4.98 Å². The Labute approximate surface area is 193 Å². The molecule has 0 aliphatic rings. The van der Waals surface area contributed by atoms with Gasteiger partial charge in [0.15, 0.2) is 0 Å². The maximum atomic E-state index is 13.0. The smallest absolute Gasteiger partial charge is 0.417 e. The van der Waals surface area contributed by atoms with E-state index in [2.05, 4.69) is 4.98 Å². The van der Waals surface area contributed by atoms with Crippen LogP contribution in [0.25, 0.3) is 10.8 Å². The number of nitrogens with zero attached hydrogens (tertiary/aromatic N) is 1. The first-order valence-electron chi connectivity index (χ1n) is 9.85. The SMILES string of the molecule is C[C@H](c1ccc(C(F)(F)F)cn1)C(c1ccc(Cl)cc1Cl)c1ccc2ccccc2c1O. The van der Waals surface area contributed by atoms with Crippen molar-refractivity contribution in [3.05, 3.63) is 105 Å². The van der Waals surface area contributed by atoms with Gasteiger partial charge in [-0.3, -0.25) is 4.98 Å². The van der Waals surface area contributed by atoms with Gasteiger partial charge >= 0.3 is 6.18 Å². The van der Waals surface area contributed by atoms with Gasteiger partial charge in [-0.2, -0.15) is 13.2 Å². The number of pyridine rings is 1. The van der Waals surface area contributed by atoms with Crippen molar-refractivity contribution in [2.24, 2.45) is 0 Å². The van der Waals surface area contributed by atoms with Crippen molar-refractivity contribution < 1.29 is 18.3 Å². The van der Waals surface area contributed by atoms with E-state index in [4.69, 9.17) is 23.2 Å². The zero-order valence-corrected chi connectivity index (χ0v) is 18.4. The fourth-order valence-corrected chi connectivity index (χ4v) is 4.52. The second kappa shape index (κ2) is 8.64. The standard InChI is InChI=1S/C25H18Cl2F3NO/c1-14(22-11-7-16(13-31-22)25(28,29)30)23(19-10-8-17(26)12-21(19)27)20-9-6-15-4-2-3-5-18(15)24(20)32/h2-14,23,32H,1H3/t14-,23?/m1/s1. The van der Waals surface area contributed by atoms with Gasteiger partial charge in [0.05, 0.1) is 5.56 Å². The first-order valence-corrected chi connectivity index (χ1v) is 10.6. The summed E-state index contributed by atoms with van der Waals surface area (Å²) in [5, 5.41) is 13.5. The summed E-state index contributed by atoms with van der Waals surface area (Å²) in [6.45, 7) is 1.85. The summed E-state index contributed by atoms with van der Waals surface area (Å²) >= 11 is 12.6. The molecule has 1 unspecified atom stereocenters. The molecular weight excluding hydrogens is 458 g/mol. The zero-order chi connectivity index (χ0) is 23.0. The van der Waals surface area contributed by atoms with Crippen LogP contribution in [0.3, 0.4) is 0 Å². The summed E-state index contributed by atoms with van der Waals surface area (Å²) in [6, 6.07) is 18.6. The van der Waals surface area contributed by atoms with Gasteiger partial charge in [0.25, 0.3) is 0 Å². The highest BCUT2D eigenvalue weighted by atomic mass is 35.5. The van der Waals surface area contributed by atoms with E-state index >= 15 is 0 Å². The summed E-state index contributed by atoms with van der Waals surface area (Å²) < 4.78 is 39.0. The minimum Gasteiger partial charge on any atom is -0.507 e. The highest BCUT2D eigenvalue weighted by molar-refractivity contribution is 6.35. The summed E-state index contributed by atoms with van der Waals surface area (Å²) in [5.74, 6) is -0.783. The highest BCUT2D eigenvalue weighted by Gasteiger charge is 2.32. The van der Waals surface area contributed by atoms with Crippen LogP contribution in [0.4, 0.5) is 13.2 Å². The van der Waals surface area contributed by atoms with E-state index in [1.165, 1.54) is 6.07 Å². The number of alkyl halides is 3. The quantitative estimate of drug-likeness (QED) is 0.322. The Kier molecular flexibility index (Phi) is 6.06. The number of fused-ring (bicyclic) bond motifs is 1. The molecule has 4 rings (SSSR count). The third-order valence-corrected chi connectivity index (χ3v) is 6.21. The molecular formula is C25H18Cl2F3NO. The molecule has 0 radical (unpaired) electrons. The van der Waals surface area contributed by atoms with Crippen molar-refractivity contribution >= 4 is 34.0 Å². The van der Waals surface area contributed by atoms with E-state index < -0.39 is 23.6 Å². The Morgan fingerprint density at radius 1 is 0.906 bits per heavy atom. The lowest BCUT2D eigenvalue weighted by molar-refractivity contribution is -0.137. The average Bonchev–Trinajstić information content (AvgIpc) is 2.76. The number of hydrogen-bond acceptors (Lipinski definition) is 2. The number of phenolic OH excluding ortho intramolecular Hbond substituents is 1. The Bertz CT molecular complexity index is 1270. The topological polar surface area (TPSA) is 33.1 Å². The summed E-state index contributed by atoms with van der Waals surface area (Å²) in [7, 11) is 0. The van der Waals surface area contributed by atoms with Crippen molar-refractivity contribution in [1.29, 1.82) is 0 Å². The van der Waals surface area contributed by atoms with Crippen LogP contribution in [0.1, 0.15) is 41.1 Å². The molecule has 3 aromatic carbocycles. The second-order valence-electron chi connectivity index (χ2n) is 7.63. The Balaban J connectivity index is 1.88. The lowest BCUT2D eigenvalue weighted by atomic mass is 9.78. The molecule has 32 heavy (non-hydrogen) atoms. The third-order valence-electron chi connectivity index (χ3n) is 5.64. The third kappa shape index (κ3) is 4.27. The molecule has 1 aromatic heterocycles. The van der Waals surface area contributed by atoms with Crippen molar-refractivity contribution in [2.45, 2.75) is 24.9 Å². The summed E-state index contributed by atoms with van der Waals surface area (Å²) in [6.07, 6.45) is -3.64. The van der Waals surface area contributed by atoms with E-state index in [0.717, 1.165) is 17.6 Å². The molecule has 2 atom stereocenters. The normalized spacial score (nSPS) is 13.8. The number of halogens is 5. The molecule has 0 fully saturated rings. The molecule has 0 saturated heterocycles. The second-order valence-corrected chi connectivity index (χ2v) is 8.47. The molecule has 4 aromatic rings. The van der Waals surface area contributed by atoms with Gasteiger partial charge in [0.2, 0.25) is 0 Å². The van der Waals surface area contributed by atoms with E-state index in [1.807, 2.05) is 43.3 Å². The average molecular weight is 476 g/mol. The van der Waals surface area contributed by atoms with Gasteiger partial charge in [-0.1, -0.05) is 72.6 Å². The van der Waals surface area contributed by atoms with Gasteiger partial charge in [-0.15, -0.1) is 0 Å². The van der Waals surface area contributed by atoms with Crippen molar-refractivity contribution in [2.75, 3.05) is 0 Å².